The topological polar surface area (TPSA) is 75.4 Å². The Morgan fingerprint density at radius 1 is 0.865 bits per heavy atom. The van der Waals surface area contributed by atoms with Crippen LogP contribution >= 0.6 is 0 Å². The second-order valence-corrected chi connectivity index (χ2v) is 12.1. The van der Waals surface area contributed by atoms with Gasteiger partial charge in [0.2, 0.25) is 11.8 Å². The second kappa shape index (κ2) is 13.3. The number of nitrogens with one attached hydrogen (secondary N) is 1. The Labute approximate surface area is 225 Å². The van der Waals surface area contributed by atoms with E-state index in [-0.39, 0.29) is 11.8 Å². The van der Waals surface area contributed by atoms with E-state index >= 15 is 0 Å². The second-order valence-electron chi connectivity index (χ2n) is 12.1. The van der Waals surface area contributed by atoms with Crippen molar-refractivity contribution in [1.29, 1.82) is 0 Å². The Balaban J connectivity index is 1.36. The van der Waals surface area contributed by atoms with Crippen LogP contribution in [0.4, 0.5) is 5.69 Å². The fourth-order valence-electron chi connectivity index (χ4n) is 7.36. The molecule has 206 valence electrons. The molecule has 5 heteroatoms. The molecule has 2 spiro atoms. The molecule has 1 aromatic carbocycles. The number of nitrogens with two attached hydrogens (primary N) is 1. The van der Waals surface area contributed by atoms with Crippen LogP contribution in [0.15, 0.2) is 24.3 Å². The zero-order valence-electron chi connectivity index (χ0n) is 23.4. The summed E-state index contributed by atoms with van der Waals surface area (Å²) in [5.41, 5.74) is 6.96. The van der Waals surface area contributed by atoms with Gasteiger partial charge in [0.1, 0.15) is 5.54 Å². The molecule has 2 unspecified atom stereocenters. The average molecular weight is 510 g/mol. The van der Waals surface area contributed by atoms with E-state index in [0.29, 0.717) is 12.8 Å². The fourth-order valence-corrected chi connectivity index (χ4v) is 7.36. The molecule has 2 amide bonds. The summed E-state index contributed by atoms with van der Waals surface area (Å²) >= 11 is 0. The van der Waals surface area contributed by atoms with Crippen molar-refractivity contribution < 1.29 is 9.59 Å². The van der Waals surface area contributed by atoms with Crippen molar-refractivity contribution in [1.82, 2.24) is 5.32 Å². The van der Waals surface area contributed by atoms with Gasteiger partial charge < -0.3 is 5.73 Å². The van der Waals surface area contributed by atoms with Crippen molar-refractivity contribution in [3.8, 4) is 0 Å². The molecular formula is C32H51N3O2. The van der Waals surface area contributed by atoms with Gasteiger partial charge in [-0.3, -0.25) is 19.8 Å². The number of carbonyl (C=O) groups is 2. The summed E-state index contributed by atoms with van der Waals surface area (Å²) in [6, 6.07) is 8.71. The molecule has 1 aromatic rings. The molecule has 3 N–H and O–H groups in total. The zero-order chi connectivity index (χ0) is 26.1. The van der Waals surface area contributed by atoms with Gasteiger partial charge in [-0.15, -0.1) is 0 Å². The number of amides is 2. The fraction of sp³-hybridized carbons (Fsp3) is 0.750. The number of carbonyl (C=O) groups excluding carboxylic acids is 2. The zero-order valence-corrected chi connectivity index (χ0v) is 23.4. The Morgan fingerprint density at radius 2 is 1.46 bits per heavy atom. The molecule has 2 saturated carbocycles. The molecule has 4 rings (SSSR count). The smallest absolute Gasteiger partial charge is 0.249 e. The molecule has 5 nitrogen and oxygen atoms in total. The maximum absolute atomic E-state index is 14.2. The van der Waals surface area contributed by atoms with Crippen molar-refractivity contribution in [2.45, 2.75) is 147 Å². The molecule has 3 aliphatic rings. The van der Waals surface area contributed by atoms with Gasteiger partial charge in [-0.25, -0.2) is 0 Å². The highest BCUT2D eigenvalue weighted by Gasteiger charge is 2.63. The van der Waals surface area contributed by atoms with E-state index in [1.165, 1.54) is 76.2 Å². The number of aryl methyl sites for hydroxylation is 1. The van der Waals surface area contributed by atoms with E-state index in [1.807, 2.05) is 4.90 Å². The monoisotopic (exact) mass is 509 g/mol. The van der Waals surface area contributed by atoms with E-state index in [2.05, 4.69) is 36.5 Å². The third-order valence-electron chi connectivity index (χ3n) is 9.41. The highest BCUT2D eigenvalue weighted by atomic mass is 16.2. The highest BCUT2D eigenvalue weighted by molar-refractivity contribution is 6.07. The Bertz CT molecular complexity index is 877. The summed E-state index contributed by atoms with van der Waals surface area (Å²) in [6.45, 7) is 2.27. The van der Waals surface area contributed by atoms with Crippen LogP contribution in [0.2, 0.25) is 0 Å². The highest BCUT2D eigenvalue weighted by Crippen LogP contribution is 2.48. The summed E-state index contributed by atoms with van der Waals surface area (Å²) in [4.78, 5) is 28.7. The minimum atomic E-state index is -0.837. The number of benzene rings is 1. The van der Waals surface area contributed by atoms with Crippen molar-refractivity contribution in [3.63, 3.8) is 0 Å². The Kier molecular flexibility index (Phi) is 10.1. The van der Waals surface area contributed by atoms with Gasteiger partial charge >= 0.3 is 0 Å². The van der Waals surface area contributed by atoms with Gasteiger partial charge in [0.25, 0.3) is 0 Å². The lowest BCUT2D eigenvalue weighted by Gasteiger charge is -2.42. The predicted molar refractivity (Wildman–Crippen MR) is 152 cm³/mol. The molecule has 1 aliphatic heterocycles. The molecular weight excluding hydrogens is 458 g/mol. The lowest BCUT2D eigenvalue weighted by molar-refractivity contribution is -0.134. The summed E-state index contributed by atoms with van der Waals surface area (Å²) < 4.78 is 0. The van der Waals surface area contributed by atoms with Crippen molar-refractivity contribution in [2.24, 2.45) is 11.7 Å². The van der Waals surface area contributed by atoms with Crippen molar-refractivity contribution in [2.75, 3.05) is 4.90 Å². The minimum absolute atomic E-state index is 0.0698. The van der Waals surface area contributed by atoms with E-state index in [1.54, 1.807) is 0 Å². The van der Waals surface area contributed by atoms with Crippen molar-refractivity contribution >= 4 is 17.5 Å². The van der Waals surface area contributed by atoms with Gasteiger partial charge in [-0.2, -0.15) is 0 Å². The molecule has 0 radical (unpaired) electrons. The third-order valence-corrected chi connectivity index (χ3v) is 9.41. The van der Waals surface area contributed by atoms with E-state index in [0.717, 1.165) is 50.6 Å². The summed E-state index contributed by atoms with van der Waals surface area (Å²) in [7, 11) is 0. The van der Waals surface area contributed by atoms with Crippen LogP contribution in [0.5, 0.6) is 0 Å². The predicted octanol–water partition coefficient (Wildman–Crippen LogP) is 7.16. The van der Waals surface area contributed by atoms with Gasteiger partial charge in [0.05, 0.1) is 11.6 Å². The largest absolute Gasteiger partial charge is 0.369 e. The first kappa shape index (κ1) is 28.1. The van der Waals surface area contributed by atoms with Gasteiger partial charge in [-0.1, -0.05) is 96.1 Å². The number of anilines is 1. The van der Waals surface area contributed by atoms with Crippen LogP contribution in [-0.4, -0.2) is 23.0 Å². The number of primary amides is 1. The third kappa shape index (κ3) is 6.41. The van der Waals surface area contributed by atoms with Gasteiger partial charge in [0, 0.05) is 5.69 Å². The molecule has 37 heavy (non-hydrogen) atoms. The lowest BCUT2D eigenvalue weighted by Crippen LogP contribution is -2.61. The van der Waals surface area contributed by atoms with Crippen LogP contribution < -0.4 is 16.0 Å². The molecule has 2 atom stereocenters. The van der Waals surface area contributed by atoms with Gasteiger partial charge in [-0.05, 0) is 69.1 Å². The molecule has 2 aliphatic carbocycles. The van der Waals surface area contributed by atoms with Crippen LogP contribution in [0.25, 0.3) is 0 Å². The van der Waals surface area contributed by atoms with Crippen molar-refractivity contribution in [3.05, 3.63) is 29.8 Å². The SMILES string of the molecule is CCCCCCCCCCCCc1ccc(N2C(=O)C3(CCCCC3C(N)=O)NC23CCCCC3)cc1. The Morgan fingerprint density at radius 3 is 2.08 bits per heavy atom. The summed E-state index contributed by atoms with van der Waals surface area (Å²) in [5, 5.41) is 3.81. The molecule has 0 bridgehead atoms. The standard InChI is InChI=1S/C32H51N3O2/c1-2-3-4-5-6-7-8-9-10-12-17-26-19-21-27(22-20-26)35-30(37)32(25-16-13-18-28(32)29(33)36)34-31(35)23-14-11-15-24-31/h19-22,28,34H,2-18,23-25H2,1H3,(H2,33,36). The van der Waals surface area contributed by atoms with E-state index in [4.69, 9.17) is 5.73 Å². The summed E-state index contributed by atoms with van der Waals surface area (Å²) in [6.07, 6.45) is 23.2. The Hall–Kier alpha value is -1.88. The number of hydrogen-bond acceptors (Lipinski definition) is 3. The lowest BCUT2D eigenvalue weighted by atomic mass is 9.72. The number of hydrogen-bond donors (Lipinski definition) is 2. The number of nitrogens with zero attached hydrogens (tertiary/aromatic N) is 1. The molecule has 0 aromatic heterocycles. The number of rotatable bonds is 13. The first-order valence-electron chi connectivity index (χ1n) is 15.5. The van der Waals surface area contributed by atoms with E-state index in [9.17, 15) is 9.59 Å². The molecule has 1 saturated heterocycles. The minimum Gasteiger partial charge on any atom is -0.369 e. The number of unbranched alkanes of at least 4 members (excludes halogenated alkanes) is 9. The van der Waals surface area contributed by atoms with Gasteiger partial charge in [0.15, 0.2) is 0 Å². The average Bonchev–Trinajstić information content (AvgIpc) is 3.12. The molecule has 1 heterocycles. The maximum Gasteiger partial charge on any atom is 0.249 e. The first-order valence-corrected chi connectivity index (χ1v) is 15.5. The van der Waals surface area contributed by atoms with Crippen LogP contribution in [0.3, 0.4) is 0 Å². The van der Waals surface area contributed by atoms with Crippen LogP contribution in [0.1, 0.15) is 134 Å². The van der Waals surface area contributed by atoms with E-state index < -0.39 is 17.1 Å². The van der Waals surface area contributed by atoms with Crippen LogP contribution in [0, 0.1) is 5.92 Å². The molecule has 3 fully saturated rings. The quantitative estimate of drug-likeness (QED) is 0.277. The van der Waals surface area contributed by atoms with Crippen LogP contribution in [-0.2, 0) is 16.0 Å². The normalized spacial score (nSPS) is 25.3. The first-order chi connectivity index (χ1) is 18.0. The maximum atomic E-state index is 14.2. The summed E-state index contributed by atoms with van der Waals surface area (Å²) in [5.74, 6) is -0.686.